The molecule has 2 aliphatic rings. The molecule has 2 saturated heterocycles. The highest BCUT2D eigenvalue weighted by Crippen LogP contribution is 2.13. The van der Waals surface area contributed by atoms with Crippen molar-refractivity contribution in [2.75, 3.05) is 50.0 Å². The molecule has 2 heterocycles. The Morgan fingerprint density at radius 1 is 1.15 bits per heavy atom. The van der Waals surface area contributed by atoms with Gasteiger partial charge in [0.25, 0.3) is 0 Å². The molecule has 0 spiro atoms. The molecule has 0 aromatic heterocycles. The van der Waals surface area contributed by atoms with Crippen molar-refractivity contribution >= 4 is 19.9 Å². The predicted molar refractivity (Wildman–Crippen MR) is 77.9 cm³/mol. The van der Waals surface area contributed by atoms with Crippen LogP contribution in [0, 0.1) is 0 Å². The summed E-state index contributed by atoms with van der Waals surface area (Å²) in [6, 6.07) is -0.230. The number of hydrogen-bond donors (Lipinski definition) is 2. The molecule has 2 N–H and O–H groups in total. The van der Waals surface area contributed by atoms with Gasteiger partial charge in [0.2, 0.25) is 10.0 Å². The summed E-state index contributed by atoms with van der Waals surface area (Å²) >= 11 is 0. The third-order valence-electron chi connectivity index (χ3n) is 3.79. The fraction of sp³-hybridized carbons (Fsp3) is 1.00. The molecular formula is C11H23N3O4S2. The third-order valence-corrected chi connectivity index (χ3v) is 6.91. The average Bonchev–Trinajstić information content (AvgIpc) is 2.40. The summed E-state index contributed by atoms with van der Waals surface area (Å²) in [6.07, 6.45) is 0.768. The Morgan fingerprint density at radius 2 is 1.75 bits per heavy atom. The van der Waals surface area contributed by atoms with Crippen molar-refractivity contribution in [3.8, 4) is 0 Å². The molecule has 2 rings (SSSR count). The molecule has 0 aromatic rings. The van der Waals surface area contributed by atoms with Crippen molar-refractivity contribution in [1.82, 2.24) is 14.9 Å². The maximum atomic E-state index is 12.0. The van der Waals surface area contributed by atoms with Gasteiger partial charge in [0.05, 0.1) is 17.3 Å². The van der Waals surface area contributed by atoms with Gasteiger partial charge in [-0.25, -0.2) is 21.6 Å². The highest BCUT2D eigenvalue weighted by Gasteiger charge is 2.27. The molecule has 118 valence electrons. The quantitative estimate of drug-likeness (QED) is 0.631. The van der Waals surface area contributed by atoms with Crippen molar-refractivity contribution in [2.24, 2.45) is 0 Å². The molecule has 0 aliphatic carbocycles. The molecule has 0 unspecified atom stereocenters. The van der Waals surface area contributed by atoms with Crippen LogP contribution in [-0.4, -0.2) is 77.8 Å². The van der Waals surface area contributed by atoms with Crippen LogP contribution in [-0.2, 0) is 19.9 Å². The Morgan fingerprint density at radius 3 is 2.35 bits per heavy atom. The van der Waals surface area contributed by atoms with Gasteiger partial charge in [0.1, 0.15) is 9.84 Å². The van der Waals surface area contributed by atoms with Gasteiger partial charge in [-0.3, -0.25) is 4.90 Å². The lowest BCUT2D eigenvalue weighted by molar-refractivity contribution is 0.253. The standard InChI is InChI=1S/C11H23N3O4S2/c15-19(16)8-1-11(2-9-19)13-20(17,18)10-7-14-5-3-12-4-6-14/h11-13H,1-10H2. The Balaban J connectivity index is 1.76. The molecule has 9 heteroatoms. The Kier molecular flexibility index (Phi) is 5.41. The Hall–Kier alpha value is -0.220. The number of sulfone groups is 1. The van der Waals surface area contributed by atoms with Gasteiger partial charge in [0.15, 0.2) is 0 Å². The van der Waals surface area contributed by atoms with Crippen molar-refractivity contribution in [3.05, 3.63) is 0 Å². The van der Waals surface area contributed by atoms with E-state index in [0.717, 1.165) is 26.2 Å². The normalized spacial score (nSPS) is 25.6. The van der Waals surface area contributed by atoms with Gasteiger partial charge in [0, 0.05) is 38.8 Å². The Bertz CT molecular complexity index is 498. The van der Waals surface area contributed by atoms with Crippen molar-refractivity contribution < 1.29 is 16.8 Å². The van der Waals surface area contributed by atoms with Crippen LogP contribution in [0.2, 0.25) is 0 Å². The van der Waals surface area contributed by atoms with Crippen LogP contribution in [0.5, 0.6) is 0 Å². The monoisotopic (exact) mass is 325 g/mol. The topological polar surface area (TPSA) is 95.6 Å². The van der Waals surface area contributed by atoms with Crippen LogP contribution in [0.4, 0.5) is 0 Å². The summed E-state index contributed by atoms with van der Waals surface area (Å²) in [6.45, 7) is 4.07. The van der Waals surface area contributed by atoms with Crippen molar-refractivity contribution in [3.63, 3.8) is 0 Å². The zero-order valence-electron chi connectivity index (χ0n) is 11.5. The number of nitrogens with zero attached hydrogens (tertiary/aromatic N) is 1. The smallest absolute Gasteiger partial charge is 0.213 e. The van der Waals surface area contributed by atoms with E-state index in [0.29, 0.717) is 19.4 Å². The molecule has 7 nitrogen and oxygen atoms in total. The minimum atomic E-state index is -3.32. The molecular weight excluding hydrogens is 302 g/mol. The van der Waals surface area contributed by atoms with Crippen molar-refractivity contribution in [2.45, 2.75) is 18.9 Å². The molecule has 2 fully saturated rings. The van der Waals surface area contributed by atoms with Gasteiger partial charge in [-0.1, -0.05) is 0 Å². The summed E-state index contributed by atoms with van der Waals surface area (Å²) in [7, 11) is -6.28. The van der Waals surface area contributed by atoms with Crippen LogP contribution in [0.15, 0.2) is 0 Å². The first-order chi connectivity index (χ1) is 9.36. The number of hydrogen-bond acceptors (Lipinski definition) is 6. The maximum absolute atomic E-state index is 12.0. The van der Waals surface area contributed by atoms with Crippen LogP contribution in [0.25, 0.3) is 0 Å². The SMILES string of the molecule is O=S1(=O)CCC(NS(=O)(=O)CCN2CCNCC2)CC1. The number of piperazine rings is 1. The van der Waals surface area contributed by atoms with Gasteiger partial charge in [-0.05, 0) is 12.8 Å². The van der Waals surface area contributed by atoms with Crippen LogP contribution >= 0.6 is 0 Å². The molecule has 0 aromatic carbocycles. The first kappa shape index (κ1) is 16.2. The van der Waals surface area contributed by atoms with Crippen LogP contribution in [0.1, 0.15) is 12.8 Å². The van der Waals surface area contributed by atoms with Gasteiger partial charge in [-0.2, -0.15) is 0 Å². The first-order valence-corrected chi connectivity index (χ1v) is 10.5. The highest BCUT2D eigenvalue weighted by atomic mass is 32.2. The van der Waals surface area contributed by atoms with E-state index in [2.05, 4.69) is 14.9 Å². The summed E-state index contributed by atoms with van der Waals surface area (Å²) in [4.78, 5) is 2.13. The third kappa shape index (κ3) is 5.28. The second kappa shape index (κ2) is 6.69. The predicted octanol–water partition coefficient (Wildman–Crippen LogP) is -1.61. The second-order valence-electron chi connectivity index (χ2n) is 5.45. The van der Waals surface area contributed by atoms with E-state index in [1.54, 1.807) is 0 Å². The zero-order valence-corrected chi connectivity index (χ0v) is 13.2. The van der Waals surface area contributed by atoms with E-state index in [9.17, 15) is 16.8 Å². The number of nitrogens with one attached hydrogen (secondary N) is 2. The highest BCUT2D eigenvalue weighted by molar-refractivity contribution is 7.91. The van der Waals surface area contributed by atoms with Crippen LogP contribution < -0.4 is 10.0 Å². The minimum Gasteiger partial charge on any atom is -0.314 e. The zero-order chi connectivity index (χ0) is 14.6. The lowest BCUT2D eigenvalue weighted by Crippen LogP contribution is -2.47. The number of sulfonamides is 1. The first-order valence-electron chi connectivity index (χ1n) is 7.00. The second-order valence-corrected chi connectivity index (χ2v) is 9.63. The number of rotatable bonds is 5. The van der Waals surface area contributed by atoms with Gasteiger partial charge < -0.3 is 5.32 Å². The molecule has 0 amide bonds. The molecule has 0 atom stereocenters. The minimum absolute atomic E-state index is 0.0796. The molecule has 2 aliphatic heterocycles. The fourth-order valence-electron chi connectivity index (χ4n) is 2.50. The average molecular weight is 325 g/mol. The molecule has 0 saturated carbocycles. The van der Waals surface area contributed by atoms with Gasteiger partial charge >= 0.3 is 0 Å². The molecule has 20 heavy (non-hydrogen) atoms. The fourth-order valence-corrected chi connectivity index (χ4v) is 5.36. The maximum Gasteiger partial charge on any atom is 0.213 e. The molecule has 0 bridgehead atoms. The van der Waals surface area contributed by atoms with Gasteiger partial charge in [-0.15, -0.1) is 0 Å². The summed E-state index contributed by atoms with van der Waals surface area (Å²) in [5.74, 6) is 0.242. The van der Waals surface area contributed by atoms with E-state index in [1.165, 1.54) is 0 Å². The van der Waals surface area contributed by atoms with Crippen LogP contribution in [0.3, 0.4) is 0 Å². The largest absolute Gasteiger partial charge is 0.314 e. The Labute approximate surface area is 121 Å². The van der Waals surface area contributed by atoms with E-state index >= 15 is 0 Å². The van der Waals surface area contributed by atoms with E-state index < -0.39 is 19.9 Å². The lowest BCUT2D eigenvalue weighted by atomic mass is 10.2. The van der Waals surface area contributed by atoms with E-state index in [1.807, 2.05) is 0 Å². The van der Waals surface area contributed by atoms with Crippen molar-refractivity contribution in [1.29, 1.82) is 0 Å². The summed E-state index contributed by atoms with van der Waals surface area (Å²) in [5.41, 5.74) is 0. The van der Waals surface area contributed by atoms with E-state index in [4.69, 9.17) is 0 Å². The lowest BCUT2D eigenvalue weighted by Gasteiger charge is -2.28. The summed E-state index contributed by atoms with van der Waals surface area (Å²) in [5, 5.41) is 3.22. The summed E-state index contributed by atoms with van der Waals surface area (Å²) < 4.78 is 49.2. The van der Waals surface area contributed by atoms with E-state index in [-0.39, 0.29) is 23.3 Å². The molecule has 0 radical (unpaired) electrons.